The first-order valence-corrected chi connectivity index (χ1v) is 13.5. The largest absolute Gasteiger partial charge is 0.310 e. The van der Waals surface area contributed by atoms with E-state index >= 15 is 0 Å². The number of alkyl halides is 2. The molecule has 2 aliphatic rings. The molecule has 2 aromatic rings. The first kappa shape index (κ1) is 23.2. The minimum absolute atomic E-state index is 0.0831. The first-order chi connectivity index (χ1) is 15.3. The Morgan fingerprint density at radius 2 is 1.78 bits per heavy atom. The Bertz CT molecular complexity index is 1050. The molecule has 0 bridgehead atoms. The van der Waals surface area contributed by atoms with Crippen LogP contribution >= 0.6 is 11.8 Å². The van der Waals surface area contributed by atoms with E-state index in [1.807, 2.05) is 12.3 Å². The molecule has 0 saturated heterocycles. The second kappa shape index (κ2) is 9.47. The fraction of sp³-hybridized carbons (Fsp3) is 0.478. The van der Waals surface area contributed by atoms with Gasteiger partial charge in [0, 0.05) is 11.1 Å². The third-order valence-electron chi connectivity index (χ3n) is 6.19. The highest BCUT2D eigenvalue weighted by Crippen LogP contribution is 2.39. The van der Waals surface area contributed by atoms with Gasteiger partial charge in [0.25, 0.3) is 0 Å². The third-order valence-corrected chi connectivity index (χ3v) is 9.18. The number of sulfone groups is 1. The van der Waals surface area contributed by atoms with Crippen molar-refractivity contribution < 1.29 is 22.0 Å². The van der Waals surface area contributed by atoms with Crippen LogP contribution in [0.5, 0.6) is 0 Å². The minimum Gasteiger partial charge on any atom is -0.310 e. The normalized spacial score (nSPS) is 24.3. The van der Waals surface area contributed by atoms with Crippen molar-refractivity contribution in [3.8, 4) is 0 Å². The van der Waals surface area contributed by atoms with Crippen LogP contribution in [0.15, 0.2) is 52.4 Å². The molecule has 2 fully saturated rings. The molecule has 0 aliphatic heterocycles. The highest BCUT2D eigenvalue weighted by atomic mass is 32.2. The standard InChI is InChI=1S/C23H26F2N2O3S2/c1-31-16-4-9-22(26-13-16)27-23(28)19(10-14-11-20(24)21(25)12-14)15-2-5-17(6-3-15)32(29,30)18-7-8-18/h2-6,9,13-14,18-21H,7-8,10-12H2,1H3,(H,26,27,28)/t14-,19-,20+,21-/m1/s1. The number of benzene rings is 1. The SMILES string of the molecule is CSc1ccc(NC(=O)[C@H](C[C@H]2C[C@@H](F)[C@@H](F)C2)c2ccc(S(=O)(=O)C3CC3)cc2)nc1. The molecule has 1 heterocycles. The lowest BCUT2D eigenvalue weighted by Crippen LogP contribution is -2.24. The van der Waals surface area contributed by atoms with Crippen LogP contribution in [0.2, 0.25) is 0 Å². The second-order valence-corrected chi connectivity index (χ2v) is 11.7. The molecule has 0 spiro atoms. The number of nitrogens with one attached hydrogen (secondary N) is 1. The summed E-state index contributed by atoms with van der Waals surface area (Å²) in [5.74, 6) is -0.872. The number of pyridine rings is 1. The summed E-state index contributed by atoms with van der Waals surface area (Å²) in [4.78, 5) is 18.6. The van der Waals surface area contributed by atoms with Crippen molar-refractivity contribution in [1.82, 2.24) is 4.98 Å². The van der Waals surface area contributed by atoms with Gasteiger partial charge in [-0.2, -0.15) is 0 Å². The van der Waals surface area contributed by atoms with Gasteiger partial charge in [-0.3, -0.25) is 4.79 Å². The van der Waals surface area contributed by atoms with Crippen molar-refractivity contribution in [2.75, 3.05) is 11.6 Å². The van der Waals surface area contributed by atoms with E-state index in [1.54, 1.807) is 24.4 Å². The lowest BCUT2D eigenvalue weighted by atomic mass is 9.87. The molecule has 172 valence electrons. The molecule has 1 aromatic carbocycles. The van der Waals surface area contributed by atoms with Crippen LogP contribution in [0.4, 0.5) is 14.6 Å². The maximum absolute atomic E-state index is 13.8. The fourth-order valence-corrected chi connectivity index (χ4v) is 6.22. The minimum atomic E-state index is -3.33. The molecule has 0 unspecified atom stereocenters. The molecule has 2 saturated carbocycles. The average molecular weight is 481 g/mol. The zero-order valence-electron chi connectivity index (χ0n) is 17.7. The number of carbonyl (C=O) groups excluding carboxylic acids is 1. The topological polar surface area (TPSA) is 76.1 Å². The van der Waals surface area contributed by atoms with Crippen molar-refractivity contribution >= 4 is 33.3 Å². The summed E-state index contributed by atoms with van der Waals surface area (Å²) in [6, 6.07) is 9.88. The first-order valence-electron chi connectivity index (χ1n) is 10.7. The van der Waals surface area contributed by atoms with Crippen LogP contribution in [0, 0.1) is 5.92 Å². The molecule has 1 N–H and O–H groups in total. The number of rotatable bonds is 8. The molecule has 9 heteroatoms. The summed E-state index contributed by atoms with van der Waals surface area (Å²) in [7, 11) is -3.33. The van der Waals surface area contributed by atoms with Crippen LogP contribution < -0.4 is 5.32 Å². The fourth-order valence-electron chi connectivity index (χ4n) is 4.20. The maximum atomic E-state index is 13.8. The van der Waals surface area contributed by atoms with Crippen molar-refractivity contribution in [2.45, 2.75) is 65.4 Å². The lowest BCUT2D eigenvalue weighted by molar-refractivity contribution is -0.118. The molecular weight excluding hydrogens is 454 g/mol. The molecule has 2 aliphatic carbocycles. The summed E-state index contributed by atoms with van der Waals surface area (Å²) in [5.41, 5.74) is 0.621. The molecule has 1 aromatic heterocycles. The Morgan fingerprint density at radius 1 is 1.12 bits per heavy atom. The number of halogens is 2. The quantitative estimate of drug-likeness (QED) is 0.542. The van der Waals surface area contributed by atoms with E-state index in [0.717, 1.165) is 4.90 Å². The number of anilines is 1. The Kier molecular flexibility index (Phi) is 6.86. The monoisotopic (exact) mass is 480 g/mol. The van der Waals surface area contributed by atoms with E-state index in [1.165, 1.54) is 23.9 Å². The van der Waals surface area contributed by atoms with Crippen molar-refractivity contribution in [3.63, 3.8) is 0 Å². The van der Waals surface area contributed by atoms with Crippen LogP contribution in [-0.4, -0.2) is 43.2 Å². The molecule has 32 heavy (non-hydrogen) atoms. The third kappa shape index (κ3) is 5.14. The number of carbonyl (C=O) groups is 1. The Morgan fingerprint density at radius 3 is 2.31 bits per heavy atom. The summed E-state index contributed by atoms with van der Waals surface area (Å²) >= 11 is 1.54. The van der Waals surface area contributed by atoms with Gasteiger partial charge in [0.2, 0.25) is 5.91 Å². The summed E-state index contributed by atoms with van der Waals surface area (Å²) in [6.07, 6.45) is 2.37. The van der Waals surface area contributed by atoms with Gasteiger partial charge < -0.3 is 5.32 Å². The summed E-state index contributed by atoms with van der Waals surface area (Å²) < 4.78 is 52.5. The predicted octanol–water partition coefficient (Wildman–Crippen LogP) is 4.94. The van der Waals surface area contributed by atoms with E-state index in [9.17, 15) is 22.0 Å². The maximum Gasteiger partial charge on any atom is 0.233 e. The zero-order valence-corrected chi connectivity index (χ0v) is 19.3. The van der Waals surface area contributed by atoms with E-state index in [-0.39, 0.29) is 41.2 Å². The highest BCUT2D eigenvalue weighted by Gasteiger charge is 2.38. The van der Waals surface area contributed by atoms with Gasteiger partial charge in [0.05, 0.1) is 16.1 Å². The van der Waals surface area contributed by atoms with Crippen molar-refractivity contribution in [1.29, 1.82) is 0 Å². The Balaban J connectivity index is 1.55. The van der Waals surface area contributed by atoms with Gasteiger partial charge >= 0.3 is 0 Å². The van der Waals surface area contributed by atoms with Crippen LogP contribution in [-0.2, 0) is 14.6 Å². The van der Waals surface area contributed by atoms with Gasteiger partial charge in [0.1, 0.15) is 18.2 Å². The second-order valence-electron chi connectivity index (χ2n) is 8.54. The predicted molar refractivity (Wildman–Crippen MR) is 121 cm³/mol. The van der Waals surface area contributed by atoms with Crippen LogP contribution in [0.25, 0.3) is 0 Å². The average Bonchev–Trinajstić information content (AvgIpc) is 3.59. The molecule has 4 rings (SSSR count). The van der Waals surface area contributed by atoms with Crippen LogP contribution in [0.1, 0.15) is 43.6 Å². The zero-order chi connectivity index (χ0) is 22.9. The van der Waals surface area contributed by atoms with Gasteiger partial charge in [-0.15, -0.1) is 11.8 Å². The van der Waals surface area contributed by atoms with Gasteiger partial charge in [-0.1, -0.05) is 12.1 Å². The number of nitrogens with zero attached hydrogens (tertiary/aromatic N) is 1. The van der Waals surface area contributed by atoms with E-state index in [4.69, 9.17) is 0 Å². The number of aromatic nitrogens is 1. The molecule has 1 amide bonds. The lowest BCUT2D eigenvalue weighted by Gasteiger charge is -2.21. The van der Waals surface area contributed by atoms with Gasteiger partial charge in [-0.05, 0) is 74.1 Å². The van der Waals surface area contributed by atoms with Gasteiger partial charge in [0.15, 0.2) is 9.84 Å². The van der Waals surface area contributed by atoms with Crippen molar-refractivity contribution in [3.05, 3.63) is 48.2 Å². The highest BCUT2D eigenvalue weighted by molar-refractivity contribution is 7.98. The van der Waals surface area contributed by atoms with E-state index in [0.29, 0.717) is 24.2 Å². The van der Waals surface area contributed by atoms with E-state index < -0.39 is 28.1 Å². The number of thioether (sulfide) groups is 1. The smallest absolute Gasteiger partial charge is 0.233 e. The van der Waals surface area contributed by atoms with E-state index in [2.05, 4.69) is 10.3 Å². The number of amides is 1. The van der Waals surface area contributed by atoms with Gasteiger partial charge in [-0.25, -0.2) is 22.2 Å². The number of hydrogen-bond acceptors (Lipinski definition) is 5. The summed E-state index contributed by atoms with van der Waals surface area (Å²) in [5, 5.41) is 2.48. The number of hydrogen-bond donors (Lipinski definition) is 1. The molecule has 4 atom stereocenters. The molecule has 0 radical (unpaired) electrons. The summed E-state index contributed by atoms with van der Waals surface area (Å²) in [6.45, 7) is 0. The molecular formula is C23H26F2N2O3S2. The Labute approximate surface area is 191 Å². The Hall–Kier alpha value is -2.00. The molecule has 5 nitrogen and oxygen atoms in total. The van der Waals surface area contributed by atoms with Crippen LogP contribution in [0.3, 0.4) is 0 Å². The van der Waals surface area contributed by atoms with Crippen molar-refractivity contribution in [2.24, 2.45) is 5.92 Å².